The van der Waals surface area contributed by atoms with Crippen molar-refractivity contribution in [3.63, 3.8) is 0 Å². The van der Waals surface area contributed by atoms with E-state index in [2.05, 4.69) is 33.8 Å². The molecule has 3 rings (SSSR count). The number of hydrogen-bond donors (Lipinski definition) is 2. The molecule has 0 saturated carbocycles. The van der Waals surface area contributed by atoms with Crippen LogP contribution < -0.4 is 10.6 Å². The Hall–Kier alpha value is -1.51. The summed E-state index contributed by atoms with van der Waals surface area (Å²) in [6, 6.07) is 6.58. The number of aryl methyl sites for hydroxylation is 1. The number of aliphatic imine (C=N–C) groups is 1. The highest BCUT2D eigenvalue weighted by Crippen LogP contribution is 2.28. The second-order valence-electron chi connectivity index (χ2n) is 4.41. The number of amidine groups is 1. The van der Waals surface area contributed by atoms with Crippen molar-refractivity contribution in [3.8, 4) is 0 Å². The molecule has 1 aromatic carbocycles. The van der Waals surface area contributed by atoms with E-state index in [-0.39, 0.29) is 0 Å². The number of nitrogens with zero attached hydrogens (tertiary/aromatic N) is 1. The zero-order valence-corrected chi connectivity index (χ0v) is 9.42. The van der Waals surface area contributed by atoms with Crippen molar-refractivity contribution in [2.75, 3.05) is 25.0 Å². The number of benzene rings is 1. The largest absolute Gasteiger partial charge is 0.378 e. The van der Waals surface area contributed by atoms with E-state index in [9.17, 15) is 0 Å². The predicted octanol–water partition coefficient (Wildman–Crippen LogP) is 1.59. The lowest BCUT2D eigenvalue weighted by molar-refractivity contribution is 0.911. The van der Waals surface area contributed by atoms with Gasteiger partial charge in [-0.25, -0.2) is 0 Å². The van der Waals surface area contributed by atoms with E-state index >= 15 is 0 Å². The zero-order valence-electron chi connectivity index (χ0n) is 9.42. The topological polar surface area (TPSA) is 36.4 Å². The maximum absolute atomic E-state index is 4.39. The summed E-state index contributed by atoms with van der Waals surface area (Å²) in [5.74, 6) is 1.09. The summed E-state index contributed by atoms with van der Waals surface area (Å²) >= 11 is 0. The van der Waals surface area contributed by atoms with E-state index in [0.717, 1.165) is 25.5 Å². The van der Waals surface area contributed by atoms with E-state index < -0.39 is 0 Å². The van der Waals surface area contributed by atoms with E-state index in [1.165, 1.54) is 36.1 Å². The van der Waals surface area contributed by atoms with Crippen LogP contribution in [0.5, 0.6) is 0 Å². The number of anilines is 1. The van der Waals surface area contributed by atoms with Gasteiger partial charge in [0.15, 0.2) is 0 Å². The fourth-order valence-electron chi connectivity index (χ4n) is 2.53. The maximum atomic E-state index is 4.39. The third kappa shape index (κ3) is 1.77. The molecule has 0 atom stereocenters. The Balaban J connectivity index is 1.72. The van der Waals surface area contributed by atoms with Crippen molar-refractivity contribution >= 4 is 11.5 Å². The van der Waals surface area contributed by atoms with Gasteiger partial charge in [0.1, 0.15) is 5.84 Å². The average molecular weight is 215 g/mol. The first-order valence-corrected chi connectivity index (χ1v) is 6.05. The van der Waals surface area contributed by atoms with Crippen LogP contribution in [0.1, 0.15) is 17.5 Å². The molecule has 3 heteroatoms. The van der Waals surface area contributed by atoms with Gasteiger partial charge in [-0.2, -0.15) is 0 Å². The summed E-state index contributed by atoms with van der Waals surface area (Å²) in [6.07, 6.45) is 3.76. The fourth-order valence-corrected chi connectivity index (χ4v) is 2.53. The summed E-state index contributed by atoms with van der Waals surface area (Å²) in [7, 11) is 0. The van der Waals surface area contributed by atoms with Gasteiger partial charge in [-0.3, -0.25) is 4.99 Å². The smallest absolute Gasteiger partial charge is 0.116 e. The predicted molar refractivity (Wildman–Crippen MR) is 67.3 cm³/mol. The van der Waals surface area contributed by atoms with Gasteiger partial charge in [-0.05, 0) is 36.5 Å². The van der Waals surface area contributed by atoms with Crippen molar-refractivity contribution in [2.45, 2.75) is 19.3 Å². The molecule has 0 amide bonds. The molecule has 16 heavy (non-hydrogen) atoms. The molecule has 2 aliphatic rings. The quantitative estimate of drug-likeness (QED) is 0.803. The standard InChI is InChI=1S/C13H17N3/c1-3-10-4-2-6-12(11(10)5-1)16-9-13-14-7-8-15-13/h2,4,6,16H,1,3,5,7-9H2,(H,14,15). The van der Waals surface area contributed by atoms with Crippen molar-refractivity contribution < 1.29 is 0 Å². The molecule has 1 aliphatic heterocycles. The monoisotopic (exact) mass is 215 g/mol. The first-order chi connectivity index (χ1) is 7.93. The van der Waals surface area contributed by atoms with Crippen LogP contribution in [0.15, 0.2) is 23.2 Å². The van der Waals surface area contributed by atoms with Gasteiger partial charge in [-0.15, -0.1) is 0 Å². The highest BCUT2D eigenvalue weighted by Gasteiger charge is 2.14. The Morgan fingerprint density at radius 3 is 3.19 bits per heavy atom. The van der Waals surface area contributed by atoms with Crippen molar-refractivity contribution in [3.05, 3.63) is 29.3 Å². The van der Waals surface area contributed by atoms with E-state index in [1.807, 2.05) is 0 Å². The molecule has 0 fully saturated rings. The SMILES string of the molecule is c1cc2c(c(NCC3=NCCN3)c1)CCC2. The van der Waals surface area contributed by atoms with Gasteiger partial charge in [-0.1, -0.05) is 12.1 Å². The summed E-state index contributed by atoms with van der Waals surface area (Å²) in [5.41, 5.74) is 4.33. The van der Waals surface area contributed by atoms with Crippen LogP contribution in [0.3, 0.4) is 0 Å². The minimum absolute atomic E-state index is 0.830. The van der Waals surface area contributed by atoms with E-state index in [4.69, 9.17) is 0 Å². The first-order valence-electron chi connectivity index (χ1n) is 6.05. The lowest BCUT2D eigenvalue weighted by Crippen LogP contribution is -2.26. The molecule has 2 N–H and O–H groups in total. The summed E-state index contributed by atoms with van der Waals surface area (Å²) in [4.78, 5) is 4.39. The minimum atomic E-state index is 0.830. The summed E-state index contributed by atoms with van der Waals surface area (Å²) in [5, 5.41) is 6.78. The van der Waals surface area contributed by atoms with Crippen LogP contribution >= 0.6 is 0 Å². The highest BCUT2D eigenvalue weighted by atomic mass is 15.1. The lowest BCUT2D eigenvalue weighted by Gasteiger charge is -2.11. The lowest BCUT2D eigenvalue weighted by atomic mass is 10.1. The molecule has 0 unspecified atom stereocenters. The van der Waals surface area contributed by atoms with Crippen LogP contribution in [0.4, 0.5) is 5.69 Å². The molecular formula is C13H17N3. The Morgan fingerprint density at radius 1 is 1.31 bits per heavy atom. The second-order valence-corrected chi connectivity index (χ2v) is 4.41. The van der Waals surface area contributed by atoms with Gasteiger partial charge in [0.05, 0.1) is 13.1 Å². The molecular weight excluding hydrogens is 198 g/mol. The number of hydrogen-bond acceptors (Lipinski definition) is 3. The molecule has 84 valence electrons. The van der Waals surface area contributed by atoms with Crippen LogP contribution in [-0.2, 0) is 12.8 Å². The minimum Gasteiger partial charge on any atom is -0.378 e. The van der Waals surface area contributed by atoms with Gasteiger partial charge >= 0.3 is 0 Å². The van der Waals surface area contributed by atoms with Crippen molar-refractivity contribution in [1.29, 1.82) is 0 Å². The molecule has 0 bridgehead atoms. The molecule has 0 aromatic heterocycles. The van der Waals surface area contributed by atoms with Gasteiger partial charge in [0.25, 0.3) is 0 Å². The maximum Gasteiger partial charge on any atom is 0.116 e. The number of nitrogens with one attached hydrogen (secondary N) is 2. The third-order valence-electron chi connectivity index (χ3n) is 3.34. The van der Waals surface area contributed by atoms with E-state index in [0.29, 0.717) is 0 Å². The Bertz CT molecular complexity index is 423. The number of rotatable bonds is 3. The highest BCUT2D eigenvalue weighted by molar-refractivity contribution is 5.87. The van der Waals surface area contributed by atoms with Crippen LogP contribution in [0, 0.1) is 0 Å². The normalized spacial score (nSPS) is 17.9. The molecule has 0 saturated heterocycles. The van der Waals surface area contributed by atoms with Gasteiger partial charge < -0.3 is 10.6 Å². The number of fused-ring (bicyclic) bond motifs is 1. The molecule has 1 aromatic rings. The second kappa shape index (κ2) is 4.16. The zero-order chi connectivity index (χ0) is 10.8. The van der Waals surface area contributed by atoms with Crippen LogP contribution in [0.2, 0.25) is 0 Å². The van der Waals surface area contributed by atoms with Crippen LogP contribution in [-0.4, -0.2) is 25.5 Å². The molecule has 0 radical (unpaired) electrons. The van der Waals surface area contributed by atoms with Crippen molar-refractivity contribution in [1.82, 2.24) is 5.32 Å². The molecule has 0 spiro atoms. The summed E-state index contributed by atoms with van der Waals surface area (Å²) < 4.78 is 0. The molecule has 3 nitrogen and oxygen atoms in total. The Kier molecular flexibility index (Phi) is 2.52. The van der Waals surface area contributed by atoms with Crippen molar-refractivity contribution in [2.24, 2.45) is 4.99 Å². The average Bonchev–Trinajstić information content (AvgIpc) is 2.97. The van der Waals surface area contributed by atoms with E-state index in [1.54, 1.807) is 0 Å². The van der Waals surface area contributed by atoms with Gasteiger partial charge in [0, 0.05) is 12.2 Å². The first kappa shape index (κ1) is 9.70. The Morgan fingerprint density at radius 2 is 2.31 bits per heavy atom. The molecule has 1 heterocycles. The van der Waals surface area contributed by atoms with Gasteiger partial charge in [0.2, 0.25) is 0 Å². The fraction of sp³-hybridized carbons (Fsp3) is 0.462. The molecule has 1 aliphatic carbocycles. The Labute approximate surface area is 96.0 Å². The third-order valence-corrected chi connectivity index (χ3v) is 3.34. The van der Waals surface area contributed by atoms with Crippen LogP contribution in [0.25, 0.3) is 0 Å². The summed E-state index contributed by atoms with van der Waals surface area (Å²) in [6.45, 7) is 2.74.